The van der Waals surface area contributed by atoms with Gasteiger partial charge in [0.1, 0.15) is 0 Å². The van der Waals surface area contributed by atoms with E-state index in [-0.39, 0.29) is 6.42 Å². The molecule has 0 spiro atoms. The highest BCUT2D eigenvalue weighted by Crippen LogP contribution is 2.32. The molecule has 0 fully saturated rings. The van der Waals surface area contributed by atoms with Crippen molar-refractivity contribution in [1.82, 2.24) is 0 Å². The lowest BCUT2D eigenvalue weighted by molar-refractivity contribution is 0.0344. The molecule has 0 aliphatic heterocycles. The molecule has 0 aromatic heterocycles. The topological polar surface area (TPSA) is 54.4 Å². The molecule has 0 bridgehead atoms. The van der Waals surface area contributed by atoms with Crippen LogP contribution in [0, 0.1) is 0 Å². The van der Waals surface area contributed by atoms with Crippen molar-refractivity contribution in [1.29, 1.82) is 0 Å². The number of benzene rings is 2. The van der Waals surface area contributed by atoms with Gasteiger partial charge in [-0.3, -0.25) is 9.59 Å². The van der Waals surface area contributed by atoms with Crippen molar-refractivity contribution in [3.05, 3.63) is 77.4 Å². The van der Waals surface area contributed by atoms with Gasteiger partial charge in [-0.05, 0) is 5.56 Å². The van der Waals surface area contributed by atoms with Gasteiger partial charge in [-0.15, -0.1) is 0 Å². The van der Waals surface area contributed by atoms with Crippen LogP contribution in [0.2, 0.25) is 0 Å². The number of carbonyl (C=O) groups is 2. The van der Waals surface area contributed by atoms with E-state index in [0.717, 1.165) is 5.56 Å². The number of aliphatic hydroxyl groups is 1. The zero-order valence-corrected chi connectivity index (χ0v) is 11.3. The number of Topliss-reactive ketones (excluding diaryl/α,β-unsaturated/α-hetero) is 2. The van der Waals surface area contributed by atoms with Crippen LogP contribution in [0.1, 0.15) is 32.7 Å². The predicted octanol–water partition coefficient (Wildman–Crippen LogP) is 2.90. The summed E-state index contributed by atoms with van der Waals surface area (Å²) in [5.41, 5.74) is -0.401. The number of ketones is 2. The van der Waals surface area contributed by atoms with Crippen molar-refractivity contribution in [3.8, 4) is 0 Å². The van der Waals surface area contributed by atoms with Gasteiger partial charge in [-0.25, -0.2) is 0 Å². The van der Waals surface area contributed by atoms with E-state index in [0.29, 0.717) is 11.1 Å². The highest BCUT2D eigenvalue weighted by atomic mass is 16.3. The van der Waals surface area contributed by atoms with Crippen LogP contribution < -0.4 is 0 Å². The van der Waals surface area contributed by atoms with E-state index >= 15 is 0 Å². The number of hydrogen-bond acceptors (Lipinski definition) is 3. The van der Waals surface area contributed by atoms with Gasteiger partial charge in [0.2, 0.25) is 11.6 Å². The Bertz CT molecular complexity index is 694. The Hall–Kier alpha value is -2.52. The monoisotopic (exact) mass is 278 g/mol. The first-order chi connectivity index (χ1) is 10.1. The van der Waals surface area contributed by atoms with Crippen LogP contribution in [-0.4, -0.2) is 22.3 Å². The molecule has 1 aliphatic rings. The third-order valence-corrected chi connectivity index (χ3v) is 3.69. The molecule has 104 valence electrons. The fourth-order valence-electron chi connectivity index (χ4n) is 2.54. The molecule has 3 rings (SSSR count). The number of hydrogen-bond donors (Lipinski definition) is 1. The number of fused-ring (bicyclic) bond motifs is 1. The van der Waals surface area contributed by atoms with Crippen molar-refractivity contribution in [3.63, 3.8) is 0 Å². The fourth-order valence-corrected chi connectivity index (χ4v) is 2.54. The standard InChI is InChI=1S/C18H14O3/c19-16-14-10-4-5-11-15(14)17(20)18(16,21)12-6-9-13-7-2-1-3-8-13/h1-11,21H,12H2/b9-6+. The number of carbonyl (C=O) groups excluding carboxylic acids is 2. The Kier molecular flexibility index (Phi) is 3.28. The molecule has 1 N–H and O–H groups in total. The first kappa shape index (κ1) is 13.5. The van der Waals surface area contributed by atoms with E-state index in [9.17, 15) is 14.7 Å². The Balaban J connectivity index is 1.85. The van der Waals surface area contributed by atoms with Crippen LogP contribution in [0.25, 0.3) is 6.08 Å². The molecule has 0 heterocycles. The van der Waals surface area contributed by atoms with Crippen LogP contribution >= 0.6 is 0 Å². The Morgan fingerprint density at radius 1 is 0.857 bits per heavy atom. The van der Waals surface area contributed by atoms with Crippen LogP contribution in [0.5, 0.6) is 0 Å². The van der Waals surface area contributed by atoms with Crippen molar-refractivity contribution in [2.75, 3.05) is 0 Å². The molecule has 3 heteroatoms. The quantitative estimate of drug-likeness (QED) is 0.878. The van der Waals surface area contributed by atoms with Gasteiger partial charge >= 0.3 is 0 Å². The molecule has 21 heavy (non-hydrogen) atoms. The fraction of sp³-hybridized carbons (Fsp3) is 0.111. The molecule has 0 atom stereocenters. The van der Waals surface area contributed by atoms with Crippen molar-refractivity contribution in [2.45, 2.75) is 12.0 Å². The van der Waals surface area contributed by atoms with E-state index in [1.165, 1.54) is 0 Å². The first-order valence-electron chi connectivity index (χ1n) is 6.75. The normalized spacial score (nSPS) is 16.4. The predicted molar refractivity (Wildman–Crippen MR) is 80.1 cm³/mol. The average molecular weight is 278 g/mol. The van der Waals surface area contributed by atoms with Crippen molar-refractivity contribution in [2.24, 2.45) is 0 Å². The molecule has 0 unspecified atom stereocenters. The minimum absolute atomic E-state index is 0.0196. The maximum atomic E-state index is 12.3. The molecule has 0 saturated carbocycles. The van der Waals surface area contributed by atoms with Crippen LogP contribution in [-0.2, 0) is 0 Å². The van der Waals surface area contributed by atoms with Crippen molar-refractivity contribution < 1.29 is 14.7 Å². The Morgan fingerprint density at radius 2 is 1.38 bits per heavy atom. The van der Waals surface area contributed by atoms with E-state index < -0.39 is 17.2 Å². The summed E-state index contributed by atoms with van der Waals surface area (Å²) in [6, 6.07) is 16.1. The molecule has 2 aromatic rings. The van der Waals surface area contributed by atoms with Gasteiger partial charge in [-0.2, -0.15) is 0 Å². The lowest BCUT2D eigenvalue weighted by Gasteiger charge is -2.16. The van der Waals surface area contributed by atoms with Gasteiger partial charge in [-0.1, -0.05) is 66.7 Å². The average Bonchev–Trinajstić information content (AvgIpc) is 2.71. The van der Waals surface area contributed by atoms with Crippen molar-refractivity contribution >= 4 is 17.6 Å². The highest BCUT2D eigenvalue weighted by molar-refractivity contribution is 6.32. The summed E-state index contributed by atoms with van der Waals surface area (Å²) < 4.78 is 0. The minimum Gasteiger partial charge on any atom is -0.374 e. The summed E-state index contributed by atoms with van der Waals surface area (Å²) in [6.07, 6.45) is 3.44. The van der Waals surface area contributed by atoms with Crippen LogP contribution in [0.3, 0.4) is 0 Å². The van der Waals surface area contributed by atoms with Gasteiger partial charge < -0.3 is 5.11 Å². The van der Waals surface area contributed by atoms with Crippen LogP contribution in [0.15, 0.2) is 60.7 Å². The zero-order chi connectivity index (χ0) is 14.9. The molecule has 2 aromatic carbocycles. The third-order valence-electron chi connectivity index (χ3n) is 3.69. The summed E-state index contributed by atoms with van der Waals surface area (Å²) in [7, 11) is 0. The molecular formula is C18H14O3. The van der Waals surface area contributed by atoms with E-state index in [2.05, 4.69) is 0 Å². The summed E-state index contributed by atoms with van der Waals surface area (Å²) in [5.74, 6) is -1.03. The van der Waals surface area contributed by atoms with E-state index in [1.54, 1.807) is 36.4 Å². The third kappa shape index (κ3) is 2.22. The molecule has 0 radical (unpaired) electrons. The maximum Gasteiger partial charge on any atom is 0.203 e. The summed E-state index contributed by atoms with van der Waals surface area (Å²) in [6.45, 7) is 0. The lowest BCUT2D eigenvalue weighted by Crippen LogP contribution is -2.40. The lowest BCUT2D eigenvalue weighted by atomic mass is 9.93. The van der Waals surface area contributed by atoms with E-state index in [4.69, 9.17) is 0 Å². The first-order valence-corrected chi connectivity index (χ1v) is 6.75. The SMILES string of the molecule is O=C1c2ccccc2C(=O)C1(O)C/C=C/c1ccccc1. The summed E-state index contributed by atoms with van der Waals surface area (Å²) in [5, 5.41) is 10.5. The molecule has 0 saturated heterocycles. The van der Waals surface area contributed by atoms with Gasteiger partial charge in [0.15, 0.2) is 5.60 Å². The molecule has 3 nitrogen and oxygen atoms in total. The van der Waals surface area contributed by atoms with Gasteiger partial charge in [0.05, 0.1) is 0 Å². The smallest absolute Gasteiger partial charge is 0.203 e. The summed E-state index contributed by atoms with van der Waals surface area (Å²) in [4.78, 5) is 24.5. The molecule has 1 aliphatic carbocycles. The molecular weight excluding hydrogens is 264 g/mol. The number of rotatable bonds is 3. The van der Waals surface area contributed by atoms with E-state index in [1.807, 2.05) is 30.3 Å². The minimum atomic E-state index is -1.96. The maximum absolute atomic E-state index is 12.3. The second-order valence-corrected chi connectivity index (χ2v) is 5.08. The largest absolute Gasteiger partial charge is 0.374 e. The van der Waals surface area contributed by atoms with Gasteiger partial charge in [0, 0.05) is 17.5 Å². The Labute approximate surface area is 122 Å². The zero-order valence-electron chi connectivity index (χ0n) is 11.3. The molecule has 0 amide bonds. The van der Waals surface area contributed by atoms with Gasteiger partial charge in [0.25, 0.3) is 0 Å². The second-order valence-electron chi connectivity index (χ2n) is 5.08. The van der Waals surface area contributed by atoms with Crippen LogP contribution in [0.4, 0.5) is 0 Å². The summed E-state index contributed by atoms with van der Waals surface area (Å²) >= 11 is 0. The highest BCUT2D eigenvalue weighted by Gasteiger charge is 2.50. The second kappa shape index (κ2) is 5.11. The Morgan fingerprint density at radius 3 is 1.95 bits per heavy atom.